The number of nitrogens with zero attached hydrogens (tertiary/aromatic N) is 2. The number of rotatable bonds is 6. The van der Waals surface area contributed by atoms with Gasteiger partial charge in [-0.2, -0.15) is 0 Å². The highest BCUT2D eigenvalue weighted by Crippen LogP contribution is 2.26. The summed E-state index contributed by atoms with van der Waals surface area (Å²) < 4.78 is 32.6. The van der Waals surface area contributed by atoms with Gasteiger partial charge in [0.2, 0.25) is 10.0 Å². The molecule has 0 aliphatic carbocycles. The van der Waals surface area contributed by atoms with Gasteiger partial charge >= 0.3 is 0 Å². The van der Waals surface area contributed by atoms with E-state index in [1.165, 1.54) is 42.3 Å². The Morgan fingerprint density at radius 2 is 1.83 bits per heavy atom. The Balaban J connectivity index is 1.68. The first-order chi connectivity index (χ1) is 13.8. The number of sulfonamides is 1. The monoisotopic (exact) mass is 419 g/mol. The van der Waals surface area contributed by atoms with Crippen molar-refractivity contribution in [1.82, 2.24) is 9.62 Å². The summed E-state index contributed by atoms with van der Waals surface area (Å²) in [6.45, 7) is 0.574. The molecule has 3 rings (SSSR count). The Morgan fingerprint density at radius 1 is 1.17 bits per heavy atom. The zero-order valence-electron chi connectivity index (χ0n) is 15.8. The van der Waals surface area contributed by atoms with Gasteiger partial charge in [0.25, 0.3) is 11.6 Å². The molecule has 0 unspecified atom stereocenters. The molecule has 1 amide bonds. The van der Waals surface area contributed by atoms with E-state index in [1.807, 2.05) is 0 Å². The molecule has 29 heavy (non-hydrogen) atoms. The number of benzene rings is 2. The molecule has 0 aromatic heterocycles. The molecule has 0 radical (unpaired) electrons. The maximum absolute atomic E-state index is 12.8. The van der Waals surface area contributed by atoms with E-state index >= 15 is 0 Å². The van der Waals surface area contributed by atoms with Gasteiger partial charge in [-0.1, -0.05) is 18.2 Å². The van der Waals surface area contributed by atoms with Crippen molar-refractivity contribution in [3.8, 4) is 5.75 Å². The number of nitro groups is 1. The van der Waals surface area contributed by atoms with Crippen LogP contribution in [0.3, 0.4) is 0 Å². The quantitative estimate of drug-likeness (QED) is 0.566. The lowest BCUT2D eigenvalue weighted by atomic mass is 10.0. The van der Waals surface area contributed by atoms with Crippen molar-refractivity contribution >= 4 is 21.6 Å². The zero-order chi connectivity index (χ0) is 21.0. The van der Waals surface area contributed by atoms with E-state index in [0.29, 0.717) is 18.6 Å². The van der Waals surface area contributed by atoms with Crippen LogP contribution < -0.4 is 9.46 Å². The number of nitro benzene ring substituents is 1. The van der Waals surface area contributed by atoms with Crippen molar-refractivity contribution in [2.45, 2.75) is 23.8 Å². The molecule has 0 spiro atoms. The first-order valence-electron chi connectivity index (χ1n) is 9.01. The highest BCUT2D eigenvalue weighted by Gasteiger charge is 2.30. The summed E-state index contributed by atoms with van der Waals surface area (Å²) in [4.78, 5) is 25.2. The normalized spacial score (nSPS) is 15.1. The first kappa shape index (κ1) is 20.7. The Bertz CT molecular complexity index is 1000. The lowest BCUT2D eigenvalue weighted by Crippen LogP contribution is -2.46. The van der Waals surface area contributed by atoms with E-state index in [4.69, 9.17) is 4.74 Å². The highest BCUT2D eigenvalue weighted by atomic mass is 32.2. The summed E-state index contributed by atoms with van der Waals surface area (Å²) in [5.41, 5.74) is -0.333. The number of piperidine rings is 1. The Kier molecular flexibility index (Phi) is 6.14. The van der Waals surface area contributed by atoms with E-state index in [1.54, 1.807) is 18.2 Å². The van der Waals surface area contributed by atoms with E-state index < -0.39 is 20.9 Å². The van der Waals surface area contributed by atoms with Crippen molar-refractivity contribution < 1.29 is 22.9 Å². The molecule has 154 valence electrons. The third-order valence-electron chi connectivity index (χ3n) is 4.79. The highest BCUT2D eigenvalue weighted by molar-refractivity contribution is 7.89. The molecule has 0 atom stereocenters. The molecule has 1 saturated heterocycles. The molecule has 1 fully saturated rings. The van der Waals surface area contributed by atoms with Crippen molar-refractivity contribution in [3.05, 3.63) is 64.2 Å². The summed E-state index contributed by atoms with van der Waals surface area (Å²) in [5.74, 6) is -0.121. The summed E-state index contributed by atoms with van der Waals surface area (Å²) in [6.07, 6.45) is 0.825. The number of carbonyl (C=O) groups excluding carboxylic acids is 1. The van der Waals surface area contributed by atoms with Gasteiger partial charge < -0.3 is 9.64 Å². The van der Waals surface area contributed by atoms with Crippen molar-refractivity contribution in [1.29, 1.82) is 0 Å². The largest absolute Gasteiger partial charge is 0.497 e. The van der Waals surface area contributed by atoms with Crippen molar-refractivity contribution in [3.63, 3.8) is 0 Å². The minimum atomic E-state index is -3.64. The molecule has 0 bridgehead atoms. The van der Waals surface area contributed by atoms with Gasteiger partial charge in [-0.15, -0.1) is 0 Å². The Hall–Kier alpha value is -2.98. The van der Waals surface area contributed by atoms with Crippen LogP contribution in [0.15, 0.2) is 53.4 Å². The maximum atomic E-state index is 12.8. The average Bonchev–Trinajstić information content (AvgIpc) is 2.73. The second-order valence-electron chi connectivity index (χ2n) is 6.64. The van der Waals surface area contributed by atoms with Crippen LogP contribution in [0.4, 0.5) is 5.69 Å². The topological polar surface area (TPSA) is 119 Å². The second-order valence-corrected chi connectivity index (χ2v) is 8.35. The Morgan fingerprint density at radius 3 is 2.41 bits per heavy atom. The smallest absolute Gasteiger partial charge is 0.282 e. The van der Waals surface area contributed by atoms with E-state index in [0.717, 1.165) is 0 Å². The fraction of sp³-hybridized carbons (Fsp3) is 0.316. The van der Waals surface area contributed by atoms with Crippen LogP contribution >= 0.6 is 0 Å². The van der Waals surface area contributed by atoms with Crippen molar-refractivity contribution in [2.24, 2.45) is 0 Å². The van der Waals surface area contributed by atoms with Crippen LogP contribution in [0.1, 0.15) is 23.2 Å². The van der Waals surface area contributed by atoms with Gasteiger partial charge in [0.05, 0.1) is 16.9 Å². The number of ether oxygens (including phenoxy) is 1. The van der Waals surface area contributed by atoms with Gasteiger partial charge in [0.15, 0.2) is 0 Å². The molecule has 10 heteroatoms. The summed E-state index contributed by atoms with van der Waals surface area (Å²) in [6, 6.07) is 11.8. The maximum Gasteiger partial charge on any atom is 0.282 e. The van der Waals surface area contributed by atoms with Crippen molar-refractivity contribution in [2.75, 3.05) is 20.2 Å². The lowest BCUT2D eigenvalue weighted by Gasteiger charge is -2.32. The fourth-order valence-electron chi connectivity index (χ4n) is 3.23. The van der Waals surface area contributed by atoms with Gasteiger partial charge in [0, 0.05) is 25.2 Å². The van der Waals surface area contributed by atoms with Gasteiger partial charge in [-0.05, 0) is 37.1 Å². The van der Waals surface area contributed by atoms with E-state index in [-0.39, 0.29) is 35.3 Å². The van der Waals surface area contributed by atoms with Gasteiger partial charge in [0.1, 0.15) is 11.3 Å². The molecule has 1 heterocycles. The number of methoxy groups -OCH3 is 1. The van der Waals surface area contributed by atoms with Gasteiger partial charge in [-0.3, -0.25) is 14.9 Å². The first-order valence-corrected chi connectivity index (χ1v) is 10.5. The average molecular weight is 419 g/mol. The zero-order valence-corrected chi connectivity index (χ0v) is 16.6. The number of hydrogen-bond acceptors (Lipinski definition) is 6. The van der Waals surface area contributed by atoms with Crippen LogP contribution in [-0.4, -0.2) is 50.4 Å². The second kappa shape index (κ2) is 8.58. The predicted molar refractivity (Wildman–Crippen MR) is 105 cm³/mol. The number of hydrogen-bond donors (Lipinski definition) is 1. The standard InChI is InChI=1S/C19H21N3O6S/c1-28-15-7-8-18(22(24)25)17(13-15)19(23)21-11-9-14(10-12-21)20-29(26,27)16-5-3-2-4-6-16/h2-8,13-14,20H,9-12H2,1H3. The molecule has 0 saturated carbocycles. The molecular weight excluding hydrogens is 398 g/mol. The minimum absolute atomic E-state index is 0.0438. The fourth-order valence-corrected chi connectivity index (χ4v) is 4.56. The van der Waals surface area contributed by atoms with E-state index in [9.17, 15) is 23.3 Å². The van der Waals surface area contributed by atoms with Crippen LogP contribution in [0.5, 0.6) is 5.75 Å². The minimum Gasteiger partial charge on any atom is -0.497 e. The summed E-state index contributed by atoms with van der Waals surface area (Å²) in [7, 11) is -2.22. The third-order valence-corrected chi connectivity index (χ3v) is 6.32. The summed E-state index contributed by atoms with van der Waals surface area (Å²) in [5, 5.41) is 11.3. The molecule has 2 aromatic carbocycles. The van der Waals surface area contributed by atoms with Gasteiger partial charge in [-0.25, -0.2) is 13.1 Å². The molecule has 1 aliphatic heterocycles. The van der Waals surface area contributed by atoms with Crippen LogP contribution in [0.2, 0.25) is 0 Å². The number of amides is 1. The SMILES string of the molecule is COc1ccc([N+](=O)[O-])c(C(=O)N2CCC(NS(=O)(=O)c3ccccc3)CC2)c1. The number of carbonyl (C=O) groups is 1. The molecule has 2 aromatic rings. The van der Waals surface area contributed by atoms with Crippen LogP contribution in [0.25, 0.3) is 0 Å². The molecule has 1 aliphatic rings. The molecule has 1 N–H and O–H groups in total. The third kappa shape index (κ3) is 4.72. The number of nitrogens with one attached hydrogen (secondary N) is 1. The van der Waals surface area contributed by atoms with Crippen LogP contribution in [-0.2, 0) is 10.0 Å². The summed E-state index contributed by atoms with van der Waals surface area (Å²) >= 11 is 0. The number of likely N-dealkylation sites (tertiary alicyclic amines) is 1. The van der Waals surface area contributed by atoms with Crippen LogP contribution in [0, 0.1) is 10.1 Å². The van der Waals surface area contributed by atoms with E-state index in [2.05, 4.69) is 4.72 Å². The molecule has 9 nitrogen and oxygen atoms in total. The molecular formula is C19H21N3O6S. The predicted octanol–water partition coefficient (Wildman–Crippen LogP) is 2.19. The lowest BCUT2D eigenvalue weighted by molar-refractivity contribution is -0.385. The Labute approximate surface area is 168 Å².